The van der Waals surface area contributed by atoms with Crippen LogP contribution in [0.3, 0.4) is 0 Å². The predicted molar refractivity (Wildman–Crippen MR) is 120 cm³/mol. The third-order valence-corrected chi connectivity index (χ3v) is 6.50. The summed E-state index contributed by atoms with van der Waals surface area (Å²) >= 11 is 1.44. The monoisotopic (exact) mass is 454 g/mol. The first-order valence-electron chi connectivity index (χ1n) is 10.7. The van der Waals surface area contributed by atoms with Gasteiger partial charge in [0, 0.05) is 25.6 Å². The summed E-state index contributed by atoms with van der Waals surface area (Å²) in [5.74, 6) is 1.10. The van der Waals surface area contributed by atoms with Crippen LogP contribution in [0.25, 0.3) is 0 Å². The second kappa shape index (κ2) is 9.94. The van der Waals surface area contributed by atoms with Crippen LogP contribution in [0.15, 0.2) is 24.4 Å². The van der Waals surface area contributed by atoms with Gasteiger partial charge < -0.3 is 10.6 Å². The van der Waals surface area contributed by atoms with Crippen LogP contribution in [0, 0.1) is 5.92 Å². The molecule has 1 aliphatic carbocycles. The lowest BCUT2D eigenvalue weighted by Gasteiger charge is -2.09. The molecule has 4 rings (SSSR count). The van der Waals surface area contributed by atoms with E-state index in [1.165, 1.54) is 11.3 Å². The molecule has 0 saturated heterocycles. The first-order valence-corrected chi connectivity index (χ1v) is 11.5. The summed E-state index contributed by atoms with van der Waals surface area (Å²) < 4.78 is 1.67. The van der Waals surface area contributed by atoms with Crippen molar-refractivity contribution in [1.29, 1.82) is 0 Å². The van der Waals surface area contributed by atoms with Gasteiger partial charge in [0.1, 0.15) is 5.01 Å². The van der Waals surface area contributed by atoms with Crippen molar-refractivity contribution in [2.24, 2.45) is 13.0 Å². The number of carbonyl (C=O) groups is 2. The fourth-order valence-corrected chi connectivity index (χ4v) is 4.79. The standard InChI is InChI=1S/C21H26N8O2S/c1-3-18(30)22-17-7-6-15(24-25-17)11-13-4-5-14(10-13)20-26-27-21(32-20)23-19(31)12-16-8-9-29(2)28-16/h6-9,13-14H,3-5,10-12H2,1-2H3,(H,22,25,30)(H,23,27,31). The molecule has 1 saturated carbocycles. The summed E-state index contributed by atoms with van der Waals surface area (Å²) in [4.78, 5) is 23.7. The molecule has 3 aromatic rings. The molecule has 10 nitrogen and oxygen atoms in total. The van der Waals surface area contributed by atoms with Gasteiger partial charge in [-0.05, 0) is 49.8 Å². The number of hydrogen-bond donors (Lipinski definition) is 2. The summed E-state index contributed by atoms with van der Waals surface area (Å²) in [6.45, 7) is 1.80. The molecule has 2 N–H and O–H groups in total. The fourth-order valence-electron chi connectivity index (χ4n) is 3.88. The van der Waals surface area contributed by atoms with E-state index < -0.39 is 0 Å². The highest BCUT2D eigenvalue weighted by Gasteiger charge is 2.29. The van der Waals surface area contributed by atoms with E-state index in [9.17, 15) is 9.59 Å². The minimum Gasteiger partial charge on any atom is -0.309 e. The highest BCUT2D eigenvalue weighted by atomic mass is 32.1. The lowest BCUT2D eigenvalue weighted by Crippen LogP contribution is -2.14. The highest BCUT2D eigenvalue weighted by Crippen LogP contribution is 2.41. The van der Waals surface area contributed by atoms with Gasteiger partial charge in [-0.15, -0.1) is 15.3 Å². The third kappa shape index (κ3) is 5.72. The van der Waals surface area contributed by atoms with Crippen molar-refractivity contribution >= 4 is 34.1 Å². The van der Waals surface area contributed by atoms with E-state index in [-0.39, 0.29) is 18.2 Å². The first kappa shape index (κ1) is 22.0. The Morgan fingerprint density at radius 3 is 2.66 bits per heavy atom. The van der Waals surface area contributed by atoms with Crippen LogP contribution in [0.1, 0.15) is 54.9 Å². The molecule has 11 heteroatoms. The number of hydrogen-bond acceptors (Lipinski definition) is 8. The first-order chi connectivity index (χ1) is 15.5. The zero-order valence-corrected chi connectivity index (χ0v) is 18.9. The number of carbonyl (C=O) groups excluding carboxylic acids is 2. The Labute approximate surface area is 189 Å². The van der Waals surface area contributed by atoms with Gasteiger partial charge in [-0.2, -0.15) is 10.2 Å². The molecule has 0 bridgehead atoms. The predicted octanol–water partition coefficient (Wildman–Crippen LogP) is 2.72. The van der Waals surface area contributed by atoms with Gasteiger partial charge >= 0.3 is 0 Å². The van der Waals surface area contributed by atoms with E-state index in [0.717, 1.165) is 42.1 Å². The van der Waals surface area contributed by atoms with Crippen LogP contribution in [-0.2, 0) is 29.5 Å². The smallest absolute Gasteiger partial charge is 0.232 e. The van der Waals surface area contributed by atoms with Gasteiger partial charge in [-0.1, -0.05) is 18.3 Å². The Hall–Kier alpha value is -3.21. The normalized spacial score (nSPS) is 17.9. The Balaban J connectivity index is 1.27. The molecule has 2 atom stereocenters. The maximum atomic E-state index is 12.2. The summed E-state index contributed by atoms with van der Waals surface area (Å²) in [5.41, 5.74) is 1.64. The van der Waals surface area contributed by atoms with Crippen molar-refractivity contribution in [3.8, 4) is 0 Å². The van der Waals surface area contributed by atoms with E-state index in [1.54, 1.807) is 17.7 Å². The zero-order chi connectivity index (χ0) is 22.5. The summed E-state index contributed by atoms with van der Waals surface area (Å²) in [6, 6.07) is 5.54. The molecule has 3 heterocycles. The molecule has 32 heavy (non-hydrogen) atoms. The fraction of sp³-hybridized carbons (Fsp3) is 0.476. The molecule has 3 aromatic heterocycles. The van der Waals surface area contributed by atoms with Gasteiger partial charge in [0.25, 0.3) is 0 Å². The van der Waals surface area contributed by atoms with E-state index in [1.807, 2.05) is 25.4 Å². The molecule has 0 radical (unpaired) electrons. The number of nitrogens with one attached hydrogen (secondary N) is 2. The average Bonchev–Trinajstić information content (AvgIpc) is 3.51. The minimum atomic E-state index is -0.146. The number of aryl methyl sites for hydroxylation is 1. The third-order valence-electron chi connectivity index (χ3n) is 5.49. The number of rotatable bonds is 8. The molecule has 1 fully saturated rings. The zero-order valence-electron chi connectivity index (χ0n) is 18.1. The Kier molecular flexibility index (Phi) is 6.84. The van der Waals surface area contributed by atoms with Crippen LogP contribution in [-0.4, -0.2) is 42.0 Å². The van der Waals surface area contributed by atoms with E-state index in [2.05, 4.69) is 36.1 Å². The summed E-state index contributed by atoms with van der Waals surface area (Å²) in [7, 11) is 1.82. The number of amides is 2. The van der Waals surface area contributed by atoms with Crippen molar-refractivity contribution in [3.05, 3.63) is 40.8 Å². The molecular formula is C21H26N8O2S. The van der Waals surface area contributed by atoms with Crippen LogP contribution < -0.4 is 10.6 Å². The van der Waals surface area contributed by atoms with Gasteiger partial charge in [-0.25, -0.2) is 0 Å². The molecule has 0 aliphatic heterocycles. The SMILES string of the molecule is CCC(=O)Nc1ccc(CC2CCC(c3nnc(NC(=O)Cc4ccn(C)n4)s3)C2)nn1. The maximum Gasteiger partial charge on any atom is 0.232 e. The van der Waals surface area contributed by atoms with Gasteiger partial charge in [-0.3, -0.25) is 14.3 Å². The van der Waals surface area contributed by atoms with Crippen LogP contribution in [0.4, 0.5) is 10.9 Å². The second-order valence-corrected chi connectivity index (χ2v) is 9.05. The molecule has 1 aliphatic rings. The molecule has 0 spiro atoms. The lowest BCUT2D eigenvalue weighted by atomic mass is 10.00. The molecule has 2 amide bonds. The van der Waals surface area contributed by atoms with Crippen molar-refractivity contribution in [1.82, 2.24) is 30.2 Å². The Bertz CT molecular complexity index is 1080. The Morgan fingerprint density at radius 1 is 1.06 bits per heavy atom. The topological polar surface area (TPSA) is 128 Å². The quantitative estimate of drug-likeness (QED) is 0.535. The Morgan fingerprint density at radius 2 is 1.94 bits per heavy atom. The number of anilines is 2. The van der Waals surface area contributed by atoms with Crippen molar-refractivity contribution < 1.29 is 9.59 Å². The van der Waals surface area contributed by atoms with E-state index >= 15 is 0 Å². The minimum absolute atomic E-state index is 0.0740. The van der Waals surface area contributed by atoms with Crippen LogP contribution >= 0.6 is 11.3 Å². The van der Waals surface area contributed by atoms with Gasteiger partial charge in [0.05, 0.1) is 17.8 Å². The highest BCUT2D eigenvalue weighted by molar-refractivity contribution is 7.15. The lowest BCUT2D eigenvalue weighted by molar-refractivity contribution is -0.116. The van der Waals surface area contributed by atoms with Crippen LogP contribution in [0.2, 0.25) is 0 Å². The largest absolute Gasteiger partial charge is 0.309 e. The summed E-state index contributed by atoms with van der Waals surface area (Å²) in [5, 5.41) is 28.1. The van der Waals surface area contributed by atoms with Crippen LogP contribution in [0.5, 0.6) is 0 Å². The average molecular weight is 455 g/mol. The van der Waals surface area contributed by atoms with Gasteiger partial charge in [0.2, 0.25) is 16.9 Å². The maximum absolute atomic E-state index is 12.2. The molecule has 2 unspecified atom stereocenters. The summed E-state index contributed by atoms with van der Waals surface area (Å²) in [6.07, 6.45) is 6.41. The van der Waals surface area contributed by atoms with Crippen molar-refractivity contribution in [3.63, 3.8) is 0 Å². The number of nitrogens with zero attached hydrogens (tertiary/aromatic N) is 6. The van der Waals surface area contributed by atoms with Crippen molar-refractivity contribution in [2.75, 3.05) is 10.6 Å². The molecular weight excluding hydrogens is 428 g/mol. The van der Waals surface area contributed by atoms with Gasteiger partial charge in [0.15, 0.2) is 5.82 Å². The number of aromatic nitrogens is 6. The molecule has 0 aromatic carbocycles. The molecule has 168 valence electrons. The van der Waals surface area contributed by atoms with Crippen molar-refractivity contribution in [2.45, 2.75) is 51.4 Å². The second-order valence-electron chi connectivity index (χ2n) is 8.04. The van der Waals surface area contributed by atoms with E-state index in [0.29, 0.717) is 29.2 Å². The van der Waals surface area contributed by atoms with E-state index in [4.69, 9.17) is 0 Å².